The fourth-order valence-electron chi connectivity index (χ4n) is 3.83. The number of hydrogen-bond donors (Lipinski definition) is 2. The SMILES string of the molecule is COCCNC(=O)CN1CCN(C(=NCC2CCCCO2)NCCc2ccco2)CC1. The largest absolute Gasteiger partial charge is 0.469 e. The number of aliphatic imine (C=N–C) groups is 1. The number of carbonyl (C=O) groups excluding carboxylic acids is 1. The summed E-state index contributed by atoms with van der Waals surface area (Å²) < 4.78 is 16.3. The number of hydrogen-bond acceptors (Lipinski definition) is 6. The van der Waals surface area contributed by atoms with Crippen LogP contribution in [0.3, 0.4) is 0 Å². The van der Waals surface area contributed by atoms with Crippen molar-refractivity contribution in [1.82, 2.24) is 20.4 Å². The second-order valence-corrected chi connectivity index (χ2v) is 8.01. The van der Waals surface area contributed by atoms with Gasteiger partial charge < -0.3 is 29.4 Å². The van der Waals surface area contributed by atoms with E-state index in [9.17, 15) is 4.79 Å². The van der Waals surface area contributed by atoms with Gasteiger partial charge in [-0.05, 0) is 31.4 Å². The summed E-state index contributed by atoms with van der Waals surface area (Å²) in [7, 11) is 1.63. The van der Waals surface area contributed by atoms with E-state index in [0.717, 1.165) is 70.3 Å². The van der Waals surface area contributed by atoms with Crippen molar-refractivity contribution in [3.05, 3.63) is 24.2 Å². The average molecular weight is 436 g/mol. The van der Waals surface area contributed by atoms with E-state index in [-0.39, 0.29) is 12.0 Å². The van der Waals surface area contributed by atoms with Crippen molar-refractivity contribution in [3.63, 3.8) is 0 Å². The van der Waals surface area contributed by atoms with Gasteiger partial charge in [-0.15, -0.1) is 0 Å². The van der Waals surface area contributed by atoms with Crippen molar-refractivity contribution in [3.8, 4) is 0 Å². The van der Waals surface area contributed by atoms with Crippen LogP contribution in [0.2, 0.25) is 0 Å². The van der Waals surface area contributed by atoms with Crippen LogP contribution in [0.4, 0.5) is 0 Å². The number of piperazine rings is 1. The number of guanidine groups is 1. The van der Waals surface area contributed by atoms with Crippen LogP contribution >= 0.6 is 0 Å². The highest BCUT2D eigenvalue weighted by molar-refractivity contribution is 5.80. The lowest BCUT2D eigenvalue weighted by Gasteiger charge is -2.36. The van der Waals surface area contributed by atoms with Gasteiger partial charge in [0.25, 0.3) is 0 Å². The molecule has 9 heteroatoms. The zero-order chi connectivity index (χ0) is 21.7. The lowest BCUT2D eigenvalue weighted by Crippen LogP contribution is -2.54. The van der Waals surface area contributed by atoms with Gasteiger partial charge in [0.15, 0.2) is 5.96 Å². The predicted octanol–water partition coefficient (Wildman–Crippen LogP) is 0.717. The first-order chi connectivity index (χ1) is 15.2. The maximum atomic E-state index is 12.1. The molecule has 3 heterocycles. The number of amides is 1. The van der Waals surface area contributed by atoms with E-state index in [1.807, 2.05) is 12.1 Å². The second kappa shape index (κ2) is 13.3. The molecule has 9 nitrogen and oxygen atoms in total. The zero-order valence-electron chi connectivity index (χ0n) is 18.7. The summed E-state index contributed by atoms with van der Waals surface area (Å²) in [4.78, 5) is 21.4. The summed E-state index contributed by atoms with van der Waals surface area (Å²) in [6.07, 6.45) is 6.17. The molecular formula is C22H37N5O4. The highest BCUT2D eigenvalue weighted by Crippen LogP contribution is 2.13. The van der Waals surface area contributed by atoms with E-state index in [2.05, 4.69) is 20.4 Å². The standard InChI is InChI=1S/C22H37N5O4/c1-29-16-9-23-21(28)18-26-10-12-27(13-11-26)22(24-8-7-19-6-4-15-30-19)25-17-20-5-2-3-14-31-20/h4,6,15,20H,2-3,5,7-14,16-18H2,1H3,(H,23,28)(H,24,25). The number of nitrogens with zero attached hydrogens (tertiary/aromatic N) is 3. The molecule has 2 fully saturated rings. The molecular weight excluding hydrogens is 398 g/mol. The smallest absolute Gasteiger partial charge is 0.234 e. The molecule has 0 aromatic carbocycles. The minimum atomic E-state index is 0.0467. The van der Waals surface area contributed by atoms with Crippen molar-refractivity contribution >= 4 is 11.9 Å². The van der Waals surface area contributed by atoms with Crippen molar-refractivity contribution in [2.24, 2.45) is 4.99 Å². The number of methoxy groups -OCH3 is 1. The minimum Gasteiger partial charge on any atom is -0.469 e. The van der Waals surface area contributed by atoms with Gasteiger partial charge in [-0.1, -0.05) is 0 Å². The second-order valence-electron chi connectivity index (χ2n) is 8.01. The first kappa shape index (κ1) is 23.6. The van der Waals surface area contributed by atoms with Crippen molar-refractivity contribution in [2.75, 3.05) is 72.7 Å². The molecule has 1 unspecified atom stereocenters. The van der Waals surface area contributed by atoms with Crippen molar-refractivity contribution in [1.29, 1.82) is 0 Å². The zero-order valence-corrected chi connectivity index (χ0v) is 18.7. The quantitative estimate of drug-likeness (QED) is 0.318. The van der Waals surface area contributed by atoms with Gasteiger partial charge >= 0.3 is 0 Å². The highest BCUT2D eigenvalue weighted by atomic mass is 16.5. The van der Waals surface area contributed by atoms with E-state index in [4.69, 9.17) is 18.9 Å². The van der Waals surface area contributed by atoms with Crippen LogP contribution in [-0.4, -0.2) is 100 Å². The molecule has 2 aliphatic rings. The minimum absolute atomic E-state index is 0.0467. The summed E-state index contributed by atoms with van der Waals surface area (Å²) in [6, 6.07) is 3.90. The third-order valence-corrected chi connectivity index (χ3v) is 5.62. The summed E-state index contributed by atoms with van der Waals surface area (Å²) in [5.74, 6) is 1.93. The fourth-order valence-corrected chi connectivity index (χ4v) is 3.83. The molecule has 0 radical (unpaired) electrons. The Hall–Kier alpha value is -2.10. The number of carbonyl (C=O) groups is 1. The fraction of sp³-hybridized carbons (Fsp3) is 0.727. The van der Waals surface area contributed by atoms with Gasteiger partial charge in [-0.2, -0.15) is 0 Å². The molecule has 2 aliphatic heterocycles. The van der Waals surface area contributed by atoms with Gasteiger partial charge in [0.05, 0.1) is 32.1 Å². The van der Waals surface area contributed by atoms with E-state index in [0.29, 0.717) is 26.2 Å². The van der Waals surface area contributed by atoms with Crippen LogP contribution in [0.25, 0.3) is 0 Å². The Kier molecular flexibility index (Phi) is 10.1. The third kappa shape index (κ3) is 8.51. The molecule has 1 amide bonds. The predicted molar refractivity (Wildman–Crippen MR) is 119 cm³/mol. The van der Waals surface area contributed by atoms with Gasteiger partial charge in [-0.25, -0.2) is 0 Å². The number of furan rings is 1. The molecule has 1 aromatic rings. The Morgan fingerprint density at radius 3 is 2.81 bits per heavy atom. The van der Waals surface area contributed by atoms with Crippen LogP contribution in [0, 0.1) is 0 Å². The first-order valence-electron chi connectivity index (χ1n) is 11.4. The van der Waals surface area contributed by atoms with E-state index >= 15 is 0 Å². The van der Waals surface area contributed by atoms with Crippen molar-refractivity contribution < 1.29 is 18.7 Å². The molecule has 1 aromatic heterocycles. The van der Waals surface area contributed by atoms with Gasteiger partial charge in [0.2, 0.25) is 5.91 Å². The lowest BCUT2D eigenvalue weighted by atomic mass is 10.1. The summed E-state index contributed by atoms with van der Waals surface area (Å²) in [5.41, 5.74) is 0. The molecule has 2 saturated heterocycles. The first-order valence-corrected chi connectivity index (χ1v) is 11.4. The number of nitrogens with one attached hydrogen (secondary N) is 2. The Balaban J connectivity index is 1.47. The third-order valence-electron chi connectivity index (χ3n) is 5.62. The molecule has 31 heavy (non-hydrogen) atoms. The van der Waals surface area contributed by atoms with Gasteiger partial charge in [0, 0.05) is 59.4 Å². The highest BCUT2D eigenvalue weighted by Gasteiger charge is 2.22. The summed E-state index contributed by atoms with van der Waals surface area (Å²) >= 11 is 0. The van der Waals surface area contributed by atoms with E-state index in [1.165, 1.54) is 6.42 Å². The van der Waals surface area contributed by atoms with Crippen LogP contribution in [0.5, 0.6) is 0 Å². The Labute approximate surface area is 185 Å². The molecule has 1 atom stereocenters. The van der Waals surface area contributed by atoms with Gasteiger partial charge in [0.1, 0.15) is 5.76 Å². The number of ether oxygens (including phenoxy) is 2. The Bertz CT molecular complexity index is 653. The van der Waals surface area contributed by atoms with Crippen molar-refractivity contribution in [2.45, 2.75) is 31.8 Å². The maximum Gasteiger partial charge on any atom is 0.234 e. The summed E-state index contributed by atoms with van der Waals surface area (Å²) in [5, 5.41) is 6.39. The van der Waals surface area contributed by atoms with E-state index < -0.39 is 0 Å². The molecule has 0 bridgehead atoms. The van der Waals surface area contributed by atoms with Crippen LogP contribution in [0.1, 0.15) is 25.0 Å². The normalized spacial score (nSPS) is 20.6. The Morgan fingerprint density at radius 1 is 1.23 bits per heavy atom. The van der Waals surface area contributed by atoms with Gasteiger partial charge in [-0.3, -0.25) is 14.7 Å². The average Bonchev–Trinajstić information content (AvgIpc) is 3.31. The molecule has 174 valence electrons. The molecule has 2 N–H and O–H groups in total. The molecule has 3 rings (SSSR count). The summed E-state index contributed by atoms with van der Waals surface area (Å²) in [6.45, 7) is 7.13. The lowest BCUT2D eigenvalue weighted by molar-refractivity contribution is -0.122. The molecule has 0 aliphatic carbocycles. The molecule has 0 spiro atoms. The monoisotopic (exact) mass is 435 g/mol. The van der Waals surface area contributed by atoms with Crippen LogP contribution < -0.4 is 10.6 Å². The number of rotatable bonds is 10. The van der Waals surface area contributed by atoms with E-state index in [1.54, 1.807) is 13.4 Å². The van der Waals surface area contributed by atoms with Crippen LogP contribution in [-0.2, 0) is 20.7 Å². The molecule has 0 saturated carbocycles. The van der Waals surface area contributed by atoms with Crippen LogP contribution in [0.15, 0.2) is 27.8 Å². The Morgan fingerprint density at radius 2 is 2.10 bits per heavy atom. The topological polar surface area (TPSA) is 91.6 Å². The maximum absolute atomic E-state index is 12.1.